The molecule has 0 aromatic heterocycles. The molecule has 0 bridgehead atoms. The lowest BCUT2D eigenvalue weighted by Crippen LogP contribution is -2.36. The number of hydrogen-bond donors (Lipinski definition) is 4. The van der Waals surface area contributed by atoms with Crippen molar-refractivity contribution >= 4 is 28.3 Å². The molecule has 0 saturated carbocycles. The summed E-state index contributed by atoms with van der Waals surface area (Å²) in [5.74, 6) is 0.316. The summed E-state index contributed by atoms with van der Waals surface area (Å²) in [5.41, 5.74) is 10.1. The van der Waals surface area contributed by atoms with Crippen molar-refractivity contribution in [1.29, 1.82) is 0 Å². The highest BCUT2D eigenvalue weighted by molar-refractivity contribution is 14.1. The van der Waals surface area contributed by atoms with Crippen molar-refractivity contribution in [2.24, 2.45) is 0 Å². The second-order valence-corrected chi connectivity index (χ2v) is 6.77. The van der Waals surface area contributed by atoms with Gasteiger partial charge in [0.25, 0.3) is 0 Å². The minimum absolute atomic E-state index is 0.166. The average Bonchev–Trinajstić information content (AvgIpc) is 2.98. The van der Waals surface area contributed by atoms with Gasteiger partial charge in [0.05, 0.1) is 6.17 Å². The van der Waals surface area contributed by atoms with Crippen LogP contribution in [0.1, 0.15) is 30.5 Å². The third kappa shape index (κ3) is 3.53. The molecule has 1 aliphatic rings. The molecule has 5 heteroatoms. The number of anilines is 1. The first-order valence-corrected chi connectivity index (χ1v) is 8.58. The largest absolute Gasteiger partial charge is 0.508 e. The summed E-state index contributed by atoms with van der Waals surface area (Å²) in [6.45, 7) is 2.09. The van der Waals surface area contributed by atoms with Gasteiger partial charge < -0.3 is 10.4 Å². The van der Waals surface area contributed by atoms with Crippen LogP contribution in [-0.4, -0.2) is 11.3 Å². The van der Waals surface area contributed by atoms with E-state index in [0.29, 0.717) is 11.8 Å². The van der Waals surface area contributed by atoms with Crippen LogP contribution in [0.15, 0.2) is 42.5 Å². The van der Waals surface area contributed by atoms with Crippen molar-refractivity contribution < 1.29 is 5.11 Å². The molecule has 2 aromatic rings. The summed E-state index contributed by atoms with van der Waals surface area (Å²) in [4.78, 5) is 0. The normalized spacial score (nSPS) is 21.0. The van der Waals surface area contributed by atoms with Crippen LogP contribution in [0.2, 0.25) is 0 Å². The van der Waals surface area contributed by atoms with Gasteiger partial charge in [0.15, 0.2) is 0 Å². The van der Waals surface area contributed by atoms with Gasteiger partial charge in [-0.1, -0.05) is 19.1 Å². The van der Waals surface area contributed by atoms with Crippen LogP contribution in [-0.2, 0) is 6.42 Å². The predicted octanol–water partition coefficient (Wildman–Crippen LogP) is 3.54. The number of rotatable bonds is 4. The van der Waals surface area contributed by atoms with Crippen molar-refractivity contribution in [3.05, 3.63) is 57.2 Å². The van der Waals surface area contributed by atoms with E-state index >= 15 is 0 Å². The molecule has 1 heterocycles. The number of halogens is 1. The number of hydrogen-bond acceptors (Lipinski definition) is 4. The molecule has 0 aliphatic carbocycles. The summed E-state index contributed by atoms with van der Waals surface area (Å²) >= 11 is 2.32. The number of aromatic hydroxyl groups is 1. The van der Waals surface area contributed by atoms with Gasteiger partial charge >= 0.3 is 0 Å². The average molecular weight is 409 g/mol. The van der Waals surface area contributed by atoms with Gasteiger partial charge in [0.1, 0.15) is 5.75 Å². The first-order valence-electron chi connectivity index (χ1n) is 7.50. The van der Waals surface area contributed by atoms with Crippen LogP contribution >= 0.6 is 22.6 Å². The lowest BCUT2D eigenvalue weighted by molar-refractivity contribution is 0.474. The fraction of sp³-hybridized carbons (Fsp3) is 0.294. The van der Waals surface area contributed by atoms with Crippen LogP contribution in [0, 0.1) is 3.57 Å². The number of phenolic OH excluding ortho intramolecular Hbond substituents is 1. The standard InChI is InChI=1S/C17H20IN3O/c1-2-11-9-14(22)7-8-15(11)19-17-10-16(20-21-17)12-3-5-13(18)6-4-12/h3-9,16-17,19-22H,2,10H2,1H3. The topological polar surface area (TPSA) is 56.3 Å². The molecular formula is C17H20IN3O. The predicted molar refractivity (Wildman–Crippen MR) is 97.7 cm³/mol. The molecule has 2 atom stereocenters. The molecule has 1 fully saturated rings. The fourth-order valence-corrected chi connectivity index (χ4v) is 3.12. The molecule has 1 saturated heterocycles. The highest BCUT2D eigenvalue weighted by Gasteiger charge is 2.25. The lowest BCUT2D eigenvalue weighted by Gasteiger charge is -2.17. The third-order valence-corrected chi connectivity index (χ3v) is 4.69. The zero-order valence-electron chi connectivity index (χ0n) is 12.4. The quantitative estimate of drug-likeness (QED) is 0.461. The van der Waals surface area contributed by atoms with Crippen molar-refractivity contribution in [3.63, 3.8) is 0 Å². The minimum atomic E-state index is 0.166. The van der Waals surface area contributed by atoms with Crippen LogP contribution < -0.4 is 16.2 Å². The Morgan fingerprint density at radius 2 is 1.95 bits per heavy atom. The van der Waals surface area contributed by atoms with Crippen molar-refractivity contribution in [2.75, 3.05) is 5.32 Å². The molecule has 116 valence electrons. The second-order valence-electron chi connectivity index (χ2n) is 5.52. The Morgan fingerprint density at radius 3 is 2.68 bits per heavy atom. The van der Waals surface area contributed by atoms with Gasteiger partial charge in [-0.25, -0.2) is 10.9 Å². The number of benzene rings is 2. The Morgan fingerprint density at radius 1 is 1.18 bits per heavy atom. The number of phenols is 1. The summed E-state index contributed by atoms with van der Waals surface area (Å²) < 4.78 is 1.25. The van der Waals surface area contributed by atoms with E-state index in [-0.39, 0.29) is 6.17 Å². The molecule has 4 nitrogen and oxygen atoms in total. The van der Waals surface area contributed by atoms with Crippen LogP contribution in [0.5, 0.6) is 5.75 Å². The Bertz CT molecular complexity index is 645. The van der Waals surface area contributed by atoms with Gasteiger partial charge in [-0.2, -0.15) is 0 Å². The van der Waals surface area contributed by atoms with Gasteiger partial charge in [-0.15, -0.1) is 0 Å². The van der Waals surface area contributed by atoms with E-state index in [9.17, 15) is 5.11 Å². The molecule has 4 N–H and O–H groups in total. The smallest absolute Gasteiger partial charge is 0.116 e. The molecule has 0 radical (unpaired) electrons. The number of aryl methyl sites for hydroxylation is 1. The molecule has 2 aromatic carbocycles. The van der Waals surface area contributed by atoms with Gasteiger partial charge in [0, 0.05) is 21.7 Å². The maximum atomic E-state index is 9.59. The summed E-state index contributed by atoms with van der Waals surface area (Å²) in [5, 5.41) is 13.1. The number of hydrazine groups is 1. The highest BCUT2D eigenvalue weighted by Crippen LogP contribution is 2.26. The van der Waals surface area contributed by atoms with Gasteiger partial charge in [0.2, 0.25) is 0 Å². The molecular weight excluding hydrogens is 389 g/mol. The van der Waals surface area contributed by atoms with E-state index in [1.165, 1.54) is 9.13 Å². The molecule has 2 unspecified atom stereocenters. The van der Waals surface area contributed by atoms with E-state index in [0.717, 1.165) is 24.1 Å². The van der Waals surface area contributed by atoms with Gasteiger partial charge in [-0.05, 0) is 70.5 Å². The Balaban J connectivity index is 1.67. The Kier molecular flexibility index (Phi) is 4.85. The summed E-state index contributed by atoms with van der Waals surface area (Å²) in [6, 6.07) is 14.4. The maximum absolute atomic E-state index is 9.59. The number of nitrogens with one attached hydrogen (secondary N) is 3. The van der Waals surface area contributed by atoms with Crippen LogP contribution in [0.25, 0.3) is 0 Å². The second kappa shape index (κ2) is 6.85. The molecule has 0 spiro atoms. The van der Waals surface area contributed by atoms with Crippen LogP contribution in [0.3, 0.4) is 0 Å². The van der Waals surface area contributed by atoms with E-state index in [2.05, 4.69) is 69.9 Å². The Labute approximate surface area is 144 Å². The van der Waals surface area contributed by atoms with Crippen molar-refractivity contribution in [1.82, 2.24) is 10.9 Å². The first-order chi connectivity index (χ1) is 10.7. The summed E-state index contributed by atoms with van der Waals surface area (Å²) in [7, 11) is 0. The summed E-state index contributed by atoms with van der Waals surface area (Å²) in [6.07, 6.45) is 2.02. The zero-order chi connectivity index (χ0) is 15.5. The fourth-order valence-electron chi connectivity index (χ4n) is 2.77. The van der Waals surface area contributed by atoms with E-state index in [1.54, 1.807) is 6.07 Å². The van der Waals surface area contributed by atoms with Crippen LogP contribution in [0.4, 0.5) is 5.69 Å². The monoisotopic (exact) mass is 409 g/mol. The third-order valence-electron chi connectivity index (χ3n) is 3.98. The van der Waals surface area contributed by atoms with Gasteiger partial charge in [-0.3, -0.25) is 0 Å². The molecule has 0 amide bonds. The lowest BCUT2D eigenvalue weighted by atomic mass is 10.0. The highest BCUT2D eigenvalue weighted by atomic mass is 127. The minimum Gasteiger partial charge on any atom is -0.508 e. The molecule has 1 aliphatic heterocycles. The zero-order valence-corrected chi connectivity index (χ0v) is 14.6. The maximum Gasteiger partial charge on any atom is 0.116 e. The van der Waals surface area contributed by atoms with Crippen molar-refractivity contribution in [2.45, 2.75) is 32.0 Å². The molecule has 3 rings (SSSR count). The van der Waals surface area contributed by atoms with E-state index in [4.69, 9.17) is 0 Å². The van der Waals surface area contributed by atoms with E-state index in [1.807, 2.05) is 12.1 Å². The first kappa shape index (κ1) is 15.6. The van der Waals surface area contributed by atoms with E-state index < -0.39 is 0 Å². The van der Waals surface area contributed by atoms with Crippen molar-refractivity contribution in [3.8, 4) is 5.75 Å². The Hall–Kier alpha value is -1.31. The SMILES string of the molecule is CCc1cc(O)ccc1NC1CC(c2ccc(I)cc2)NN1. The molecule has 22 heavy (non-hydrogen) atoms.